The van der Waals surface area contributed by atoms with Crippen molar-refractivity contribution in [1.82, 2.24) is 14.8 Å². The molecule has 1 amide bonds. The summed E-state index contributed by atoms with van der Waals surface area (Å²) in [4.78, 5) is 21.5. The van der Waals surface area contributed by atoms with Gasteiger partial charge < -0.3 is 9.64 Å². The molecule has 242 valence electrons. The molecule has 3 aromatic rings. The van der Waals surface area contributed by atoms with Crippen molar-refractivity contribution in [2.24, 2.45) is 0 Å². The first-order valence-corrected chi connectivity index (χ1v) is 13.5. The second-order valence-corrected chi connectivity index (χ2v) is 10.8. The maximum absolute atomic E-state index is 13.7. The molecule has 2 heterocycles. The van der Waals surface area contributed by atoms with Crippen LogP contribution in [0.3, 0.4) is 0 Å². The Hall–Kier alpha value is -3.02. The van der Waals surface area contributed by atoms with Gasteiger partial charge in [0.2, 0.25) is 0 Å². The number of carbonyl (C=O) groups excluding carboxylic acids is 1. The van der Waals surface area contributed by atoms with Crippen LogP contribution in [0.2, 0.25) is 0 Å². The van der Waals surface area contributed by atoms with Crippen molar-refractivity contribution in [2.75, 3.05) is 26.7 Å². The molecule has 1 aliphatic heterocycles. The van der Waals surface area contributed by atoms with Crippen LogP contribution in [-0.2, 0) is 25.2 Å². The lowest BCUT2D eigenvalue weighted by molar-refractivity contribution is -0.143. The molecule has 4 rings (SSSR count). The van der Waals surface area contributed by atoms with Gasteiger partial charge in [0.15, 0.2) is 0 Å². The largest absolute Gasteiger partial charge is 0.496 e. The maximum atomic E-state index is 13.7. The van der Waals surface area contributed by atoms with Gasteiger partial charge in [0, 0.05) is 55.2 Å². The van der Waals surface area contributed by atoms with Gasteiger partial charge >= 0.3 is 12.4 Å². The fraction of sp³-hybridized carbons (Fsp3) is 0.419. The minimum Gasteiger partial charge on any atom is -0.496 e. The third-order valence-electron chi connectivity index (χ3n) is 7.87. The summed E-state index contributed by atoms with van der Waals surface area (Å²) in [5.41, 5.74) is 0.295. The normalized spacial score (nSPS) is 16.5. The predicted molar refractivity (Wildman–Crippen MR) is 161 cm³/mol. The lowest BCUT2D eigenvalue weighted by Gasteiger charge is -2.44. The summed E-state index contributed by atoms with van der Waals surface area (Å²) in [6.07, 6.45) is -5.74. The molecule has 2 atom stereocenters. The topological polar surface area (TPSA) is 45.7 Å². The van der Waals surface area contributed by atoms with Crippen LogP contribution >= 0.6 is 24.8 Å². The van der Waals surface area contributed by atoms with Crippen molar-refractivity contribution in [1.29, 1.82) is 0 Å². The Bertz CT molecular complexity index is 1400. The average molecular weight is 667 g/mol. The van der Waals surface area contributed by atoms with E-state index in [-0.39, 0.29) is 43.5 Å². The molecule has 13 heteroatoms. The van der Waals surface area contributed by atoms with Gasteiger partial charge in [-0.15, -0.1) is 24.8 Å². The molecule has 1 aromatic heterocycles. The van der Waals surface area contributed by atoms with Gasteiger partial charge in [-0.2, -0.15) is 26.3 Å². The lowest BCUT2D eigenvalue weighted by Crippen LogP contribution is -2.58. The number of ether oxygens (including phenoxy) is 1. The molecule has 5 nitrogen and oxygen atoms in total. The molecule has 1 aliphatic rings. The van der Waals surface area contributed by atoms with Crippen molar-refractivity contribution in [3.8, 4) is 5.75 Å². The highest BCUT2D eigenvalue weighted by atomic mass is 35.5. The van der Waals surface area contributed by atoms with Crippen LogP contribution in [0.5, 0.6) is 5.75 Å². The summed E-state index contributed by atoms with van der Waals surface area (Å²) in [6, 6.07) is 8.21. The molecule has 0 aliphatic carbocycles. The highest BCUT2D eigenvalue weighted by Crippen LogP contribution is 2.37. The number of amides is 1. The minimum absolute atomic E-state index is 0. The molecular weight excluding hydrogens is 631 g/mol. The third-order valence-corrected chi connectivity index (χ3v) is 7.87. The summed E-state index contributed by atoms with van der Waals surface area (Å²) in [5, 5.41) is 0. The van der Waals surface area contributed by atoms with Crippen LogP contribution in [-0.4, -0.2) is 59.5 Å². The zero-order chi connectivity index (χ0) is 30.8. The zero-order valence-electron chi connectivity index (χ0n) is 24.6. The van der Waals surface area contributed by atoms with Crippen molar-refractivity contribution in [2.45, 2.75) is 58.0 Å². The molecule has 44 heavy (non-hydrogen) atoms. The summed E-state index contributed by atoms with van der Waals surface area (Å²) >= 11 is 0. The van der Waals surface area contributed by atoms with E-state index in [9.17, 15) is 31.1 Å². The fourth-order valence-corrected chi connectivity index (χ4v) is 5.38. The molecule has 0 N–H and O–H groups in total. The molecule has 0 radical (unpaired) electrons. The standard InChI is InChI=1S/C31H33F6N3O2.2ClH/c1-19-5-6-22(11-20(19)2)13-27-18-39(21(3)12-24-17-38-8-7-28(24)42-4)9-10-40(27)29(41)23-14-25(30(32,33)34)16-26(15-23)31(35,36)37;;/h5-8,11,14-17,21,27H,9-10,12-13,18H2,1-4H3;2*1H/t21?,27-;;/m1../s1. The summed E-state index contributed by atoms with van der Waals surface area (Å²) in [6.45, 7) is 6.87. The van der Waals surface area contributed by atoms with Gasteiger partial charge in [-0.3, -0.25) is 14.7 Å². The quantitative estimate of drug-likeness (QED) is 0.244. The highest BCUT2D eigenvalue weighted by Gasteiger charge is 2.39. The molecule has 0 bridgehead atoms. The van der Waals surface area contributed by atoms with Crippen LogP contribution in [0.25, 0.3) is 0 Å². The SMILES string of the molecule is COc1ccncc1CC(C)N1CCN(C(=O)c2cc(C(F)(F)F)cc(C(F)(F)F)c2)[C@H](Cc2ccc(C)c(C)c2)C1.Cl.Cl. The van der Waals surface area contributed by atoms with Crippen molar-refractivity contribution in [3.05, 3.63) is 93.8 Å². The number of halogens is 8. The van der Waals surface area contributed by atoms with E-state index < -0.39 is 41.0 Å². The number of rotatable bonds is 7. The van der Waals surface area contributed by atoms with Crippen LogP contribution in [0.15, 0.2) is 54.9 Å². The van der Waals surface area contributed by atoms with E-state index in [0.717, 1.165) is 22.3 Å². The number of alkyl halides is 6. The average Bonchev–Trinajstić information content (AvgIpc) is 2.93. The number of carbonyl (C=O) groups is 1. The Morgan fingerprint density at radius 2 is 1.59 bits per heavy atom. The van der Waals surface area contributed by atoms with Gasteiger partial charge in [-0.1, -0.05) is 18.2 Å². The Balaban J connectivity index is 0.00000337. The number of hydrogen-bond donors (Lipinski definition) is 0. The first-order chi connectivity index (χ1) is 19.7. The van der Waals surface area contributed by atoms with Crippen molar-refractivity contribution in [3.63, 3.8) is 0 Å². The molecule has 1 saturated heterocycles. The lowest BCUT2D eigenvalue weighted by atomic mass is 9.96. The first-order valence-electron chi connectivity index (χ1n) is 13.5. The molecule has 1 fully saturated rings. The molecule has 2 aromatic carbocycles. The number of pyridine rings is 1. The fourth-order valence-electron chi connectivity index (χ4n) is 5.38. The number of piperazine rings is 1. The van der Waals surface area contributed by atoms with Crippen molar-refractivity contribution >= 4 is 30.7 Å². The number of methoxy groups -OCH3 is 1. The van der Waals surface area contributed by atoms with E-state index in [4.69, 9.17) is 4.74 Å². The summed E-state index contributed by atoms with van der Waals surface area (Å²) in [7, 11) is 1.57. The van der Waals surface area contributed by atoms with E-state index in [0.29, 0.717) is 43.8 Å². The first kappa shape index (κ1) is 37.2. The zero-order valence-corrected chi connectivity index (χ0v) is 26.3. The number of nitrogens with zero attached hydrogens (tertiary/aromatic N) is 3. The van der Waals surface area contributed by atoms with Crippen molar-refractivity contribution < 1.29 is 35.9 Å². The van der Waals surface area contributed by atoms with Gasteiger partial charge in [-0.05, 0) is 74.6 Å². The van der Waals surface area contributed by atoms with Crippen LogP contribution < -0.4 is 4.74 Å². The summed E-state index contributed by atoms with van der Waals surface area (Å²) < 4.78 is 86.7. The van der Waals surface area contributed by atoms with Crippen LogP contribution in [0, 0.1) is 13.8 Å². The van der Waals surface area contributed by atoms with E-state index in [2.05, 4.69) is 9.88 Å². The van der Waals surface area contributed by atoms with Gasteiger partial charge in [0.05, 0.1) is 18.2 Å². The summed E-state index contributed by atoms with van der Waals surface area (Å²) in [5.74, 6) is -0.163. The van der Waals surface area contributed by atoms with E-state index in [1.54, 1.807) is 25.6 Å². The molecule has 1 unspecified atom stereocenters. The van der Waals surface area contributed by atoms with E-state index in [1.165, 1.54) is 4.90 Å². The number of benzene rings is 2. The Morgan fingerprint density at radius 3 is 2.16 bits per heavy atom. The predicted octanol–water partition coefficient (Wildman–Crippen LogP) is 7.59. The molecule has 0 saturated carbocycles. The van der Waals surface area contributed by atoms with Gasteiger partial charge in [-0.25, -0.2) is 0 Å². The minimum atomic E-state index is -5.05. The van der Waals surface area contributed by atoms with E-state index >= 15 is 0 Å². The Labute approximate surface area is 265 Å². The second kappa shape index (κ2) is 14.8. The number of hydrogen-bond acceptors (Lipinski definition) is 4. The third kappa shape index (κ3) is 8.79. The van der Waals surface area contributed by atoms with Gasteiger partial charge in [0.1, 0.15) is 5.75 Å². The molecular formula is C31H35Cl2F6N3O2. The maximum Gasteiger partial charge on any atom is 0.416 e. The van der Waals surface area contributed by atoms with Crippen LogP contribution in [0.1, 0.15) is 50.7 Å². The second-order valence-electron chi connectivity index (χ2n) is 10.8. The van der Waals surface area contributed by atoms with Gasteiger partial charge in [0.25, 0.3) is 5.91 Å². The smallest absolute Gasteiger partial charge is 0.416 e. The highest BCUT2D eigenvalue weighted by molar-refractivity contribution is 5.95. The Morgan fingerprint density at radius 1 is 0.955 bits per heavy atom. The Kier molecular flexibility index (Phi) is 12.5. The number of aromatic nitrogens is 1. The van der Waals surface area contributed by atoms with E-state index in [1.807, 2.05) is 39.0 Å². The monoisotopic (exact) mass is 665 g/mol. The van der Waals surface area contributed by atoms with Crippen LogP contribution in [0.4, 0.5) is 26.3 Å². The number of aryl methyl sites for hydroxylation is 2. The molecule has 0 spiro atoms.